The average molecular weight is 217 g/mol. The van der Waals surface area contributed by atoms with Crippen LogP contribution in [-0.4, -0.2) is 17.1 Å². The molecule has 0 amide bonds. The van der Waals surface area contributed by atoms with Gasteiger partial charge in [-0.2, -0.15) is 13.2 Å². The van der Waals surface area contributed by atoms with E-state index in [0.29, 0.717) is 6.07 Å². The number of rotatable bonds is 2. The van der Waals surface area contributed by atoms with Crippen molar-refractivity contribution in [2.45, 2.75) is 13.1 Å². The van der Waals surface area contributed by atoms with Crippen LogP contribution in [0.3, 0.4) is 0 Å². The first-order valence-electron chi connectivity index (χ1n) is 3.90. The van der Waals surface area contributed by atoms with Crippen LogP contribution in [0.2, 0.25) is 0 Å². The Balaban J connectivity index is 3.36. The third-order valence-electron chi connectivity index (χ3n) is 1.63. The minimum atomic E-state index is -4.66. The molecule has 0 N–H and O–H groups in total. The van der Waals surface area contributed by atoms with Crippen LogP contribution < -0.4 is 0 Å². The smallest absolute Gasteiger partial charge is 0.298 e. The van der Waals surface area contributed by atoms with E-state index < -0.39 is 17.7 Å². The number of carbonyl (C=O) groups excluding carboxylic acids is 2. The molecular weight excluding hydrogens is 211 g/mol. The fraction of sp³-hybridized carbons (Fsp3) is 0.222. The van der Waals surface area contributed by atoms with Crippen molar-refractivity contribution >= 4 is 12.1 Å². The van der Waals surface area contributed by atoms with Gasteiger partial charge in [-0.15, -0.1) is 0 Å². The molecule has 1 heterocycles. The van der Waals surface area contributed by atoms with Gasteiger partial charge in [0.2, 0.25) is 0 Å². The zero-order chi connectivity index (χ0) is 11.6. The summed E-state index contributed by atoms with van der Waals surface area (Å²) in [5, 5.41) is 0. The largest absolute Gasteiger partial charge is 0.433 e. The molecule has 1 aromatic heterocycles. The summed E-state index contributed by atoms with van der Waals surface area (Å²) < 4.78 is 36.8. The highest BCUT2D eigenvalue weighted by Gasteiger charge is 2.33. The van der Waals surface area contributed by atoms with E-state index in [0.717, 1.165) is 13.0 Å². The lowest BCUT2D eigenvalue weighted by atomic mass is 10.1. The first-order valence-corrected chi connectivity index (χ1v) is 3.90. The van der Waals surface area contributed by atoms with E-state index in [2.05, 4.69) is 4.98 Å². The zero-order valence-corrected chi connectivity index (χ0v) is 7.63. The first kappa shape index (κ1) is 11.4. The fourth-order valence-electron chi connectivity index (χ4n) is 0.945. The predicted molar refractivity (Wildman–Crippen MR) is 44.6 cm³/mol. The van der Waals surface area contributed by atoms with E-state index >= 15 is 0 Å². The van der Waals surface area contributed by atoms with Gasteiger partial charge in [0.25, 0.3) is 0 Å². The number of alkyl halides is 3. The van der Waals surface area contributed by atoms with Gasteiger partial charge in [0, 0.05) is 12.5 Å². The van der Waals surface area contributed by atoms with Gasteiger partial charge in [0.15, 0.2) is 5.78 Å². The Kier molecular flexibility index (Phi) is 2.88. The number of aromatic nitrogens is 1. The van der Waals surface area contributed by atoms with Crippen molar-refractivity contribution in [3.8, 4) is 0 Å². The van der Waals surface area contributed by atoms with E-state index in [9.17, 15) is 22.8 Å². The molecule has 0 aliphatic rings. The van der Waals surface area contributed by atoms with Crippen LogP contribution in [-0.2, 0) is 6.18 Å². The minimum absolute atomic E-state index is 0.220. The SMILES string of the molecule is CC(=O)c1cc(C=O)cc(C(F)(F)F)n1. The third-order valence-corrected chi connectivity index (χ3v) is 1.63. The fourth-order valence-corrected chi connectivity index (χ4v) is 0.945. The lowest BCUT2D eigenvalue weighted by Crippen LogP contribution is -2.12. The highest BCUT2D eigenvalue weighted by molar-refractivity contribution is 5.93. The summed E-state index contributed by atoms with van der Waals surface area (Å²) in [6.07, 6.45) is -4.42. The summed E-state index contributed by atoms with van der Waals surface area (Å²) in [6.45, 7) is 1.08. The molecule has 6 heteroatoms. The number of carbonyl (C=O) groups is 2. The highest BCUT2D eigenvalue weighted by atomic mass is 19.4. The molecule has 0 aromatic carbocycles. The minimum Gasteiger partial charge on any atom is -0.298 e. The van der Waals surface area contributed by atoms with Gasteiger partial charge in [-0.05, 0) is 12.1 Å². The molecule has 0 saturated heterocycles. The molecule has 0 saturated carbocycles. The molecule has 0 radical (unpaired) electrons. The molecule has 0 aliphatic heterocycles. The van der Waals surface area contributed by atoms with Crippen molar-refractivity contribution in [1.29, 1.82) is 0 Å². The summed E-state index contributed by atoms with van der Waals surface area (Å²) in [7, 11) is 0. The number of halogens is 3. The van der Waals surface area contributed by atoms with Gasteiger partial charge in [-0.25, -0.2) is 4.98 Å². The molecule has 0 spiro atoms. The number of Topliss-reactive ketones (excluding diaryl/α,β-unsaturated/α-hetero) is 1. The maximum absolute atomic E-state index is 12.3. The molecular formula is C9H6F3NO2. The van der Waals surface area contributed by atoms with E-state index in [1.807, 2.05) is 0 Å². The van der Waals surface area contributed by atoms with Crippen molar-refractivity contribution in [2.75, 3.05) is 0 Å². The first-order chi connectivity index (χ1) is 6.84. The summed E-state index contributed by atoms with van der Waals surface area (Å²) in [6, 6.07) is 1.62. The molecule has 0 unspecified atom stereocenters. The zero-order valence-electron chi connectivity index (χ0n) is 7.63. The van der Waals surface area contributed by atoms with Crippen molar-refractivity contribution in [3.05, 3.63) is 29.1 Å². The Morgan fingerprint density at radius 1 is 1.40 bits per heavy atom. The van der Waals surface area contributed by atoms with Crippen molar-refractivity contribution in [3.63, 3.8) is 0 Å². The van der Waals surface area contributed by atoms with E-state index in [-0.39, 0.29) is 17.5 Å². The quantitative estimate of drug-likeness (QED) is 0.563. The summed E-state index contributed by atoms with van der Waals surface area (Å²) in [4.78, 5) is 24.3. The van der Waals surface area contributed by atoms with Crippen LogP contribution in [0.5, 0.6) is 0 Å². The predicted octanol–water partition coefficient (Wildman–Crippen LogP) is 2.12. The maximum Gasteiger partial charge on any atom is 0.433 e. The molecule has 0 bridgehead atoms. The molecule has 1 rings (SSSR count). The second-order valence-electron chi connectivity index (χ2n) is 2.84. The summed E-state index contributed by atoms with van der Waals surface area (Å²) >= 11 is 0. The van der Waals surface area contributed by atoms with E-state index in [1.54, 1.807) is 0 Å². The average Bonchev–Trinajstić information content (AvgIpc) is 2.15. The second-order valence-corrected chi connectivity index (χ2v) is 2.84. The molecule has 15 heavy (non-hydrogen) atoms. The van der Waals surface area contributed by atoms with Gasteiger partial charge in [-0.3, -0.25) is 9.59 Å². The van der Waals surface area contributed by atoms with E-state index in [4.69, 9.17) is 0 Å². The van der Waals surface area contributed by atoms with Crippen molar-refractivity contribution in [1.82, 2.24) is 4.98 Å². The Morgan fingerprint density at radius 3 is 2.40 bits per heavy atom. The Hall–Kier alpha value is -1.72. The van der Waals surface area contributed by atoms with Crippen molar-refractivity contribution in [2.24, 2.45) is 0 Å². The topological polar surface area (TPSA) is 47.0 Å². The molecule has 80 valence electrons. The number of ketones is 1. The Bertz CT molecular complexity index is 412. The molecule has 0 atom stereocenters. The third kappa shape index (κ3) is 2.61. The lowest BCUT2D eigenvalue weighted by Gasteiger charge is -2.07. The number of nitrogens with zero attached hydrogens (tertiary/aromatic N) is 1. The standard InChI is InChI=1S/C9H6F3NO2/c1-5(15)7-2-6(4-14)3-8(13-7)9(10,11)12/h2-4H,1H3. The van der Waals surface area contributed by atoms with Gasteiger partial charge in [0.1, 0.15) is 17.7 Å². The van der Waals surface area contributed by atoms with Crippen LogP contribution in [0.15, 0.2) is 12.1 Å². The number of hydrogen-bond acceptors (Lipinski definition) is 3. The highest BCUT2D eigenvalue weighted by Crippen LogP contribution is 2.28. The monoisotopic (exact) mass is 217 g/mol. The second kappa shape index (κ2) is 3.80. The van der Waals surface area contributed by atoms with E-state index in [1.165, 1.54) is 0 Å². The van der Waals surface area contributed by atoms with Crippen LogP contribution in [0.25, 0.3) is 0 Å². The van der Waals surface area contributed by atoms with Crippen molar-refractivity contribution < 1.29 is 22.8 Å². The van der Waals surface area contributed by atoms with Gasteiger partial charge in [0.05, 0.1) is 0 Å². The van der Waals surface area contributed by atoms with Gasteiger partial charge < -0.3 is 0 Å². The van der Waals surface area contributed by atoms with Crippen LogP contribution >= 0.6 is 0 Å². The van der Waals surface area contributed by atoms with Crippen LogP contribution in [0, 0.1) is 0 Å². The number of hydrogen-bond donors (Lipinski definition) is 0. The Morgan fingerprint density at radius 2 is 2.00 bits per heavy atom. The maximum atomic E-state index is 12.3. The number of aldehydes is 1. The van der Waals surface area contributed by atoms with Crippen LogP contribution in [0.4, 0.5) is 13.2 Å². The molecule has 0 fully saturated rings. The molecule has 1 aromatic rings. The van der Waals surface area contributed by atoms with Gasteiger partial charge >= 0.3 is 6.18 Å². The van der Waals surface area contributed by atoms with Gasteiger partial charge in [-0.1, -0.05) is 0 Å². The van der Waals surface area contributed by atoms with Crippen LogP contribution in [0.1, 0.15) is 33.5 Å². The number of pyridine rings is 1. The lowest BCUT2D eigenvalue weighted by molar-refractivity contribution is -0.141. The molecule has 0 aliphatic carbocycles. The molecule has 3 nitrogen and oxygen atoms in total. The summed E-state index contributed by atoms with van der Waals surface area (Å²) in [5.74, 6) is -0.621. The summed E-state index contributed by atoms with van der Waals surface area (Å²) in [5.41, 5.74) is -1.83. The normalized spacial score (nSPS) is 11.2. The Labute approximate surface area is 82.9 Å².